The van der Waals surface area contributed by atoms with E-state index in [1.807, 2.05) is 43.3 Å². The molecule has 3 aromatic rings. The van der Waals surface area contributed by atoms with Crippen molar-refractivity contribution in [2.24, 2.45) is 0 Å². The summed E-state index contributed by atoms with van der Waals surface area (Å²) in [4.78, 5) is 23.6. The highest BCUT2D eigenvalue weighted by atomic mass is 16.5. The maximum atomic E-state index is 12.6. The van der Waals surface area contributed by atoms with Crippen LogP contribution in [0, 0.1) is 6.92 Å². The number of unbranched alkanes of at least 4 members (excludes halogenated alkanes) is 5. The van der Waals surface area contributed by atoms with Crippen molar-refractivity contribution in [1.82, 2.24) is 0 Å². The van der Waals surface area contributed by atoms with Gasteiger partial charge in [-0.1, -0.05) is 67.6 Å². The van der Waals surface area contributed by atoms with Crippen LogP contribution in [0.15, 0.2) is 42.5 Å². The maximum Gasteiger partial charge on any atom is 0.311 e. The molecular formula is C27H32O4. The molecule has 0 fully saturated rings. The molecule has 0 unspecified atom stereocenters. The number of rotatable bonds is 11. The number of ether oxygens (including phenoxy) is 2. The minimum absolute atomic E-state index is 0.200. The molecule has 0 radical (unpaired) electrons. The van der Waals surface area contributed by atoms with Gasteiger partial charge in [0.2, 0.25) is 0 Å². The van der Waals surface area contributed by atoms with E-state index in [1.165, 1.54) is 0 Å². The number of carbonyl (C=O) groups excluding carboxylic acids is 2. The molecule has 0 spiro atoms. The fourth-order valence-corrected chi connectivity index (χ4v) is 4.06. The topological polar surface area (TPSA) is 52.6 Å². The molecular weight excluding hydrogens is 388 g/mol. The number of esters is 1. The largest absolute Gasteiger partial charge is 0.495 e. The van der Waals surface area contributed by atoms with Gasteiger partial charge in [0.1, 0.15) is 17.3 Å². The SMILES string of the molecule is COc1c2ccccc2c(OC(=O)CCCCCCCCC(C)=O)c2ccc(C)cc12. The summed E-state index contributed by atoms with van der Waals surface area (Å²) in [5, 5.41) is 3.67. The first-order valence-corrected chi connectivity index (χ1v) is 11.2. The number of carbonyl (C=O) groups is 2. The number of hydrogen-bond donors (Lipinski definition) is 0. The molecule has 0 saturated carbocycles. The van der Waals surface area contributed by atoms with Crippen molar-refractivity contribution in [3.05, 3.63) is 48.0 Å². The summed E-state index contributed by atoms with van der Waals surface area (Å²) in [5.41, 5.74) is 1.13. The van der Waals surface area contributed by atoms with Crippen LogP contribution < -0.4 is 9.47 Å². The Balaban J connectivity index is 1.68. The number of aryl methyl sites for hydroxylation is 1. The minimum atomic E-state index is -0.200. The fraction of sp³-hybridized carbons (Fsp3) is 0.407. The van der Waals surface area contributed by atoms with Gasteiger partial charge in [-0.25, -0.2) is 0 Å². The Labute approximate surface area is 184 Å². The smallest absolute Gasteiger partial charge is 0.311 e. The summed E-state index contributed by atoms with van der Waals surface area (Å²) in [6, 6.07) is 14.0. The zero-order valence-corrected chi connectivity index (χ0v) is 18.8. The summed E-state index contributed by atoms with van der Waals surface area (Å²) in [7, 11) is 1.68. The van der Waals surface area contributed by atoms with Crippen molar-refractivity contribution in [3.63, 3.8) is 0 Å². The van der Waals surface area contributed by atoms with E-state index < -0.39 is 0 Å². The zero-order valence-electron chi connectivity index (χ0n) is 18.8. The number of fused-ring (bicyclic) bond motifs is 2. The van der Waals surface area contributed by atoms with E-state index in [0.717, 1.165) is 71.4 Å². The number of Topliss-reactive ketones (excluding diaryl/α,β-unsaturated/α-hetero) is 1. The summed E-state index contributed by atoms with van der Waals surface area (Å²) >= 11 is 0. The van der Waals surface area contributed by atoms with Crippen LogP contribution in [-0.2, 0) is 9.59 Å². The van der Waals surface area contributed by atoms with Gasteiger partial charge in [0.15, 0.2) is 0 Å². The van der Waals surface area contributed by atoms with Crippen molar-refractivity contribution in [3.8, 4) is 11.5 Å². The van der Waals surface area contributed by atoms with Gasteiger partial charge in [-0.15, -0.1) is 0 Å². The fourth-order valence-electron chi connectivity index (χ4n) is 4.06. The zero-order chi connectivity index (χ0) is 22.2. The predicted molar refractivity (Wildman–Crippen MR) is 126 cm³/mol. The summed E-state index contributed by atoms with van der Waals surface area (Å²) in [6.07, 6.45) is 7.13. The quantitative estimate of drug-likeness (QED) is 0.146. The second kappa shape index (κ2) is 10.9. The van der Waals surface area contributed by atoms with E-state index in [2.05, 4.69) is 6.07 Å². The lowest BCUT2D eigenvalue weighted by atomic mass is 9.99. The Hall–Kier alpha value is -2.88. The molecule has 0 atom stereocenters. The van der Waals surface area contributed by atoms with Gasteiger partial charge in [0.25, 0.3) is 0 Å². The molecule has 4 heteroatoms. The Morgan fingerprint density at radius 1 is 0.742 bits per heavy atom. The van der Waals surface area contributed by atoms with Crippen LogP contribution in [-0.4, -0.2) is 18.9 Å². The molecule has 31 heavy (non-hydrogen) atoms. The van der Waals surface area contributed by atoms with Crippen LogP contribution >= 0.6 is 0 Å². The third-order valence-electron chi connectivity index (χ3n) is 5.66. The molecule has 0 aliphatic rings. The molecule has 0 aromatic heterocycles. The van der Waals surface area contributed by atoms with Gasteiger partial charge < -0.3 is 14.3 Å². The molecule has 0 heterocycles. The molecule has 0 aliphatic carbocycles. The molecule has 3 rings (SSSR count). The molecule has 0 N–H and O–H groups in total. The van der Waals surface area contributed by atoms with Gasteiger partial charge in [-0.05, 0) is 32.8 Å². The lowest BCUT2D eigenvalue weighted by molar-refractivity contribution is -0.134. The van der Waals surface area contributed by atoms with Gasteiger partial charge >= 0.3 is 5.97 Å². The number of benzene rings is 3. The molecule has 164 valence electrons. The highest BCUT2D eigenvalue weighted by Gasteiger charge is 2.17. The Morgan fingerprint density at radius 2 is 1.32 bits per heavy atom. The summed E-state index contributed by atoms with van der Waals surface area (Å²) in [6.45, 7) is 3.68. The molecule has 0 saturated heterocycles. The third-order valence-corrected chi connectivity index (χ3v) is 5.66. The van der Waals surface area contributed by atoms with Crippen LogP contribution in [0.25, 0.3) is 21.5 Å². The average molecular weight is 421 g/mol. The molecule has 0 bridgehead atoms. The van der Waals surface area contributed by atoms with Gasteiger partial charge in [-0.2, -0.15) is 0 Å². The van der Waals surface area contributed by atoms with Crippen LogP contribution in [0.3, 0.4) is 0 Å². The van der Waals surface area contributed by atoms with E-state index in [0.29, 0.717) is 18.6 Å². The highest BCUT2D eigenvalue weighted by Crippen LogP contribution is 2.43. The molecule has 0 aliphatic heterocycles. The number of methoxy groups -OCH3 is 1. The lowest BCUT2D eigenvalue weighted by Crippen LogP contribution is -2.08. The van der Waals surface area contributed by atoms with Gasteiger partial charge in [0, 0.05) is 34.4 Å². The van der Waals surface area contributed by atoms with Crippen molar-refractivity contribution in [2.75, 3.05) is 7.11 Å². The highest BCUT2D eigenvalue weighted by molar-refractivity contribution is 6.12. The average Bonchev–Trinajstić information content (AvgIpc) is 2.75. The van der Waals surface area contributed by atoms with E-state index in [1.54, 1.807) is 14.0 Å². The van der Waals surface area contributed by atoms with E-state index >= 15 is 0 Å². The second-order valence-electron chi connectivity index (χ2n) is 8.25. The Kier molecular flexibility index (Phi) is 8.05. The number of ketones is 1. The lowest BCUT2D eigenvalue weighted by Gasteiger charge is -2.16. The molecule has 0 amide bonds. The van der Waals surface area contributed by atoms with E-state index in [-0.39, 0.29) is 11.8 Å². The predicted octanol–water partition coefficient (Wildman–Crippen LogP) is 6.93. The molecule has 3 aromatic carbocycles. The van der Waals surface area contributed by atoms with Crippen molar-refractivity contribution in [1.29, 1.82) is 0 Å². The Morgan fingerprint density at radius 3 is 1.97 bits per heavy atom. The minimum Gasteiger partial charge on any atom is -0.495 e. The first-order valence-electron chi connectivity index (χ1n) is 11.2. The monoisotopic (exact) mass is 420 g/mol. The number of hydrogen-bond acceptors (Lipinski definition) is 4. The summed E-state index contributed by atoms with van der Waals surface area (Å²) < 4.78 is 11.6. The van der Waals surface area contributed by atoms with Crippen molar-refractivity contribution >= 4 is 33.3 Å². The first kappa shape index (κ1) is 22.8. The second-order valence-corrected chi connectivity index (χ2v) is 8.25. The van der Waals surface area contributed by atoms with Crippen molar-refractivity contribution < 1.29 is 19.1 Å². The van der Waals surface area contributed by atoms with Crippen LogP contribution in [0.4, 0.5) is 0 Å². The van der Waals surface area contributed by atoms with Crippen LogP contribution in [0.2, 0.25) is 0 Å². The standard InChI is InChI=1S/C27H32O4/c1-19-16-17-23-24(18-19)26(30-3)21-13-10-11-14-22(21)27(23)31-25(29)15-9-7-5-4-6-8-12-20(2)28/h10-11,13-14,16-18H,4-9,12,15H2,1-3H3. The Bertz CT molecular complexity index is 1070. The summed E-state index contributed by atoms with van der Waals surface area (Å²) in [5.74, 6) is 1.48. The van der Waals surface area contributed by atoms with E-state index in [4.69, 9.17) is 9.47 Å². The van der Waals surface area contributed by atoms with Crippen LogP contribution in [0.5, 0.6) is 11.5 Å². The van der Waals surface area contributed by atoms with Gasteiger partial charge in [-0.3, -0.25) is 4.79 Å². The third kappa shape index (κ3) is 5.84. The normalized spacial score (nSPS) is 11.1. The molecule has 4 nitrogen and oxygen atoms in total. The first-order chi connectivity index (χ1) is 15.0. The maximum absolute atomic E-state index is 12.6. The van der Waals surface area contributed by atoms with Gasteiger partial charge in [0.05, 0.1) is 7.11 Å². The van der Waals surface area contributed by atoms with Crippen LogP contribution in [0.1, 0.15) is 63.9 Å². The van der Waals surface area contributed by atoms with E-state index in [9.17, 15) is 9.59 Å². The van der Waals surface area contributed by atoms with Crippen molar-refractivity contribution in [2.45, 2.75) is 65.2 Å².